The zero-order valence-electron chi connectivity index (χ0n) is 17.5. The molecule has 0 heterocycles. The van der Waals surface area contributed by atoms with E-state index in [2.05, 4.69) is 10.8 Å². The second-order valence-corrected chi connectivity index (χ2v) is 9.02. The van der Waals surface area contributed by atoms with Crippen LogP contribution < -0.4 is 9.46 Å². The van der Waals surface area contributed by atoms with E-state index in [1.54, 1.807) is 26.2 Å². The molecule has 0 aromatic heterocycles. The van der Waals surface area contributed by atoms with Crippen LogP contribution in [0.1, 0.15) is 39.4 Å². The average Bonchev–Trinajstić information content (AvgIpc) is 2.69. The third-order valence-corrected chi connectivity index (χ3v) is 6.91. The summed E-state index contributed by atoms with van der Waals surface area (Å²) >= 11 is 0. The van der Waals surface area contributed by atoms with Crippen LogP contribution in [0.4, 0.5) is 0 Å². The normalized spacial score (nSPS) is 12.6. The number of benzene rings is 3. The maximum atomic E-state index is 13.4. The monoisotopic (exact) mass is 409 g/mol. The molecule has 0 fully saturated rings. The van der Waals surface area contributed by atoms with Gasteiger partial charge in [-0.3, -0.25) is 0 Å². The second kappa shape index (κ2) is 8.39. The Bertz CT molecular complexity index is 1120. The lowest BCUT2D eigenvalue weighted by Gasteiger charge is -2.23. The molecule has 4 nitrogen and oxygen atoms in total. The lowest BCUT2D eigenvalue weighted by Crippen LogP contribution is -2.30. The van der Waals surface area contributed by atoms with Gasteiger partial charge in [0.2, 0.25) is 10.0 Å². The summed E-state index contributed by atoms with van der Waals surface area (Å²) in [6.07, 6.45) is 0. The van der Waals surface area contributed by atoms with E-state index in [0.717, 1.165) is 27.8 Å². The van der Waals surface area contributed by atoms with Crippen molar-refractivity contribution in [1.82, 2.24) is 4.72 Å². The molecule has 0 aliphatic rings. The zero-order valence-corrected chi connectivity index (χ0v) is 18.3. The molecule has 0 amide bonds. The molecule has 0 saturated heterocycles. The van der Waals surface area contributed by atoms with Gasteiger partial charge in [-0.25, -0.2) is 8.42 Å². The van der Waals surface area contributed by atoms with Crippen molar-refractivity contribution in [3.8, 4) is 5.75 Å². The molecular formula is C24H27NO3S. The number of sulfonamides is 1. The van der Waals surface area contributed by atoms with E-state index < -0.39 is 16.1 Å². The van der Waals surface area contributed by atoms with Gasteiger partial charge in [0.15, 0.2) is 0 Å². The predicted molar refractivity (Wildman–Crippen MR) is 117 cm³/mol. The summed E-state index contributed by atoms with van der Waals surface area (Å²) in [4.78, 5) is 0.265. The molecule has 5 heteroatoms. The first-order chi connectivity index (χ1) is 13.7. The number of rotatable bonds is 6. The number of nitrogens with one attached hydrogen (secondary N) is 1. The van der Waals surface area contributed by atoms with Crippen molar-refractivity contribution in [2.45, 2.75) is 38.6 Å². The van der Waals surface area contributed by atoms with Crippen molar-refractivity contribution in [3.63, 3.8) is 0 Å². The number of methoxy groups -OCH3 is 1. The molecular weight excluding hydrogens is 382 g/mol. The van der Waals surface area contributed by atoms with E-state index >= 15 is 0 Å². The smallest absolute Gasteiger partial charge is 0.241 e. The van der Waals surface area contributed by atoms with Crippen LogP contribution in [0.3, 0.4) is 0 Å². The predicted octanol–water partition coefficient (Wildman–Crippen LogP) is 5.00. The van der Waals surface area contributed by atoms with E-state index in [4.69, 9.17) is 4.74 Å². The summed E-state index contributed by atoms with van der Waals surface area (Å²) in [6.45, 7) is 7.71. The Morgan fingerprint density at radius 2 is 1.55 bits per heavy atom. The van der Waals surface area contributed by atoms with Crippen LogP contribution in [0.25, 0.3) is 0 Å². The first kappa shape index (κ1) is 21.1. The molecule has 29 heavy (non-hydrogen) atoms. The fourth-order valence-electron chi connectivity index (χ4n) is 3.61. The van der Waals surface area contributed by atoms with Gasteiger partial charge in [0, 0.05) is 0 Å². The van der Waals surface area contributed by atoms with Gasteiger partial charge in [-0.15, -0.1) is 0 Å². The van der Waals surface area contributed by atoms with Crippen LogP contribution >= 0.6 is 0 Å². The van der Waals surface area contributed by atoms with Crippen LogP contribution in [0.15, 0.2) is 65.6 Å². The number of aryl methyl sites for hydroxylation is 2. The van der Waals surface area contributed by atoms with Gasteiger partial charge in [-0.2, -0.15) is 4.72 Å². The number of hydrogen-bond acceptors (Lipinski definition) is 3. The molecule has 0 saturated carbocycles. The van der Waals surface area contributed by atoms with Crippen LogP contribution in [0, 0.1) is 27.7 Å². The minimum Gasteiger partial charge on any atom is -0.496 e. The van der Waals surface area contributed by atoms with E-state index in [-0.39, 0.29) is 4.90 Å². The Hall–Kier alpha value is -2.63. The molecule has 0 radical (unpaired) electrons. The average molecular weight is 410 g/mol. The lowest BCUT2D eigenvalue weighted by atomic mass is 9.95. The standard InChI is InChI=1S/C24H27NO3S/c1-16-11-12-21(17(2)15-16)24(20-9-7-6-8-10-20)25-29(26,27)23-14-13-22(28-5)18(3)19(23)4/h6-15,24-25H,1-5H3/t24-/m1/s1. The minimum absolute atomic E-state index is 0.265. The van der Waals surface area contributed by atoms with Gasteiger partial charge in [0.1, 0.15) is 5.75 Å². The van der Waals surface area contributed by atoms with Crippen molar-refractivity contribution in [2.24, 2.45) is 0 Å². The Morgan fingerprint density at radius 1 is 0.862 bits per heavy atom. The molecule has 0 aliphatic carbocycles. The molecule has 0 unspecified atom stereocenters. The summed E-state index contributed by atoms with van der Waals surface area (Å²) in [5.74, 6) is 0.676. The van der Waals surface area contributed by atoms with Gasteiger partial charge in [0.25, 0.3) is 0 Å². The Labute approximate surface area is 173 Å². The molecule has 0 spiro atoms. The third kappa shape index (κ3) is 4.36. The minimum atomic E-state index is -3.77. The van der Waals surface area contributed by atoms with Crippen LogP contribution in [-0.4, -0.2) is 15.5 Å². The highest BCUT2D eigenvalue weighted by atomic mass is 32.2. The van der Waals surface area contributed by atoms with Crippen molar-refractivity contribution >= 4 is 10.0 Å². The van der Waals surface area contributed by atoms with Crippen molar-refractivity contribution in [1.29, 1.82) is 0 Å². The maximum Gasteiger partial charge on any atom is 0.241 e. The first-order valence-electron chi connectivity index (χ1n) is 9.53. The third-order valence-electron chi connectivity index (χ3n) is 5.34. The summed E-state index contributed by atoms with van der Waals surface area (Å²) in [6, 6.07) is 18.5. The molecule has 0 aliphatic heterocycles. The Morgan fingerprint density at radius 3 is 2.17 bits per heavy atom. The molecule has 1 atom stereocenters. The molecule has 1 N–H and O–H groups in total. The van der Waals surface area contributed by atoms with E-state index in [0.29, 0.717) is 11.3 Å². The number of ether oxygens (including phenoxy) is 1. The highest BCUT2D eigenvalue weighted by Crippen LogP contribution is 2.31. The summed E-state index contributed by atoms with van der Waals surface area (Å²) in [5, 5.41) is 0. The number of hydrogen-bond donors (Lipinski definition) is 1. The van der Waals surface area contributed by atoms with Crippen LogP contribution in [-0.2, 0) is 10.0 Å². The van der Waals surface area contributed by atoms with Crippen LogP contribution in [0.5, 0.6) is 5.75 Å². The topological polar surface area (TPSA) is 55.4 Å². The SMILES string of the molecule is COc1ccc(S(=O)(=O)N[C@H](c2ccccc2)c2ccc(C)cc2C)c(C)c1C. The first-order valence-corrected chi connectivity index (χ1v) is 11.0. The lowest BCUT2D eigenvalue weighted by molar-refractivity contribution is 0.410. The molecule has 152 valence electrons. The fraction of sp³-hybridized carbons (Fsp3) is 0.250. The molecule has 3 aromatic carbocycles. The fourth-order valence-corrected chi connectivity index (χ4v) is 5.11. The van der Waals surface area contributed by atoms with Gasteiger partial charge >= 0.3 is 0 Å². The molecule has 0 bridgehead atoms. The van der Waals surface area contributed by atoms with E-state index in [1.165, 1.54) is 0 Å². The van der Waals surface area contributed by atoms with Crippen LogP contribution in [0.2, 0.25) is 0 Å². The highest BCUT2D eigenvalue weighted by molar-refractivity contribution is 7.89. The molecule has 3 rings (SSSR count). The Kier molecular flexibility index (Phi) is 6.10. The van der Waals surface area contributed by atoms with Gasteiger partial charge in [-0.05, 0) is 67.6 Å². The quantitative estimate of drug-likeness (QED) is 0.623. The van der Waals surface area contributed by atoms with E-state index in [9.17, 15) is 8.42 Å². The zero-order chi connectivity index (χ0) is 21.2. The maximum absolute atomic E-state index is 13.4. The summed E-state index contributed by atoms with van der Waals surface area (Å²) in [7, 11) is -2.18. The van der Waals surface area contributed by atoms with Crippen molar-refractivity contribution < 1.29 is 13.2 Å². The van der Waals surface area contributed by atoms with E-state index in [1.807, 2.05) is 63.2 Å². The van der Waals surface area contributed by atoms with Gasteiger partial charge < -0.3 is 4.74 Å². The molecule has 3 aromatic rings. The van der Waals surface area contributed by atoms with Gasteiger partial charge in [-0.1, -0.05) is 54.1 Å². The summed E-state index contributed by atoms with van der Waals surface area (Å²) < 4.78 is 35.0. The summed E-state index contributed by atoms with van der Waals surface area (Å²) in [5.41, 5.74) is 5.52. The second-order valence-electron chi connectivity index (χ2n) is 7.34. The highest BCUT2D eigenvalue weighted by Gasteiger charge is 2.26. The van der Waals surface area contributed by atoms with Crippen molar-refractivity contribution in [2.75, 3.05) is 7.11 Å². The van der Waals surface area contributed by atoms with Crippen molar-refractivity contribution in [3.05, 3.63) is 94.0 Å². The largest absolute Gasteiger partial charge is 0.496 e. The van der Waals surface area contributed by atoms with Gasteiger partial charge in [0.05, 0.1) is 18.0 Å². The Balaban J connectivity index is 2.10.